The van der Waals surface area contributed by atoms with E-state index in [2.05, 4.69) is 24.4 Å². The van der Waals surface area contributed by atoms with Crippen molar-refractivity contribution in [3.05, 3.63) is 63.2 Å². The largest absolute Gasteiger partial charge is 0.348 e. The predicted octanol–water partition coefficient (Wildman–Crippen LogP) is 4.61. The summed E-state index contributed by atoms with van der Waals surface area (Å²) in [5.74, 6) is -0.375. The van der Waals surface area contributed by atoms with Crippen LogP contribution in [0.2, 0.25) is 5.02 Å². The quantitative estimate of drug-likeness (QED) is 0.719. The summed E-state index contributed by atoms with van der Waals surface area (Å²) < 4.78 is 26.2. The van der Waals surface area contributed by atoms with Gasteiger partial charge in [0.2, 0.25) is 15.9 Å². The first-order chi connectivity index (χ1) is 13.3. The topological polar surface area (TPSA) is 66.5 Å². The van der Waals surface area contributed by atoms with Gasteiger partial charge in [-0.05, 0) is 81.5 Å². The van der Waals surface area contributed by atoms with Crippen molar-refractivity contribution in [2.24, 2.45) is 0 Å². The molecule has 0 saturated heterocycles. The van der Waals surface area contributed by atoms with Gasteiger partial charge in [0.15, 0.2) is 0 Å². The molecule has 0 unspecified atom stereocenters. The number of amides is 1. The van der Waals surface area contributed by atoms with Crippen molar-refractivity contribution in [2.45, 2.75) is 53.6 Å². The lowest BCUT2D eigenvalue weighted by atomic mass is 9.96. The maximum atomic E-state index is 13.0. The fraction of sp³-hybridized carbons (Fsp3) is 0.409. The second kappa shape index (κ2) is 8.76. The first kappa shape index (κ1) is 23.2. The molecule has 2 rings (SSSR count). The molecule has 0 radical (unpaired) electrons. The number of aryl methyl sites for hydroxylation is 4. The molecule has 1 amide bonds. The van der Waals surface area contributed by atoms with E-state index in [9.17, 15) is 13.2 Å². The Morgan fingerprint density at radius 2 is 1.55 bits per heavy atom. The Labute approximate surface area is 179 Å². The maximum absolute atomic E-state index is 13.0. The zero-order chi connectivity index (χ0) is 22.1. The standard InChI is InChI=1S/C22H29ClN2O3S/c1-13-8-9-19(23)12-21(13)25(29(7,27)28)18(6)22(26)24-17(5)20-11-15(3)14(2)10-16(20)4/h8-12,17-18H,1-7H3,(H,24,26)/t17-,18+/m0/s1. The van der Waals surface area contributed by atoms with Crippen molar-refractivity contribution in [3.63, 3.8) is 0 Å². The van der Waals surface area contributed by atoms with Crippen LogP contribution in [-0.2, 0) is 14.8 Å². The van der Waals surface area contributed by atoms with E-state index in [1.165, 1.54) is 5.56 Å². The molecule has 0 saturated carbocycles. The van der Waals surface area contributed by atoms with E-state index in [1.54, 1.807) is 32.0 Å². The molecule has 0 bridgehead atoms. The van der Waals surface area contributed by atoms with Crippen molar-refractivity contribution in [3.8, 4) is 0 Å². The van der Waals surface area contributed by atoms with Crippen LogP contribution < -0.4 is 9.62 Å². The Bertz CT molecular complexity index is 1030. The number of benzene rings is 2. The molecule has 158 valence electrons. The molecule has 1 N–H and O–H groups in total. The van der Waals surface area contributed by atoms with Crippen molar-refractivity contribution >= 4 is 33.2 Å². The Kier molecular flexibility index (Phi) is 7.01. The molecular formula is C22H29ClN2O3S. The van der Waals surface area contributed by atoms with Crippen molar-refractivity contribution < 1.29 is 13.2 Å². The molecule has 0 aliphatic heterocycles. The van der Waals surface area contributed by atoms with Gasteiger partial charge in [-0.1, -0.05) is 29.8 Å². The maximum Gasteiger partial charge on any atom is 0.244 e. The van der Waals surface area contributed by atoms with Crippen LogP contribution in [0.1, 0.15) is 47.7 Å². The molecule has 2 aromatic rings. The molecule has 0 aromatic heterocycles. The SMILES string of the molecule is Cc1cc(C)c([C@H](C)NC(=O)[C@@H](C)N(c2cc(Cl)ccc2C)S(C)(=O)=O)cc1C. The van der Waals surface area contributed by atoms with Gasteiger partial charge in [-0.25, -0.2) is 8.42 Å². The minimum Gasteiger partial charge on any atom is -0.348 e. The fourth-order valence-corrected chi connectivity index (χ4v) is 4.85. The summed E-state index contributed by atoms with van der Waals surface area (Å²) in [6.07, 6.45) is 1.09. The summed E-state index contributed by atoms with van der Waals surface area (Å²) >= 11 is 6.08. The Morgan fingerprint density at radius 1 is 0.966 bits per heavy atom. The summed E-state index contributed by atoms with van der Waals surface area (Å²) in [4.78, 5) is 13.0. The minimum atomic E-state index is -3.71. The normalized spacial score (nSPS) is 13.7. The number of anilines is 1. The lowest BCUT2D eigenvalue weighted by Crippen LogP contribution is -2.48. The number of rotatable bonds is 6. The van der Waals surface area contributed by atoms with E-state index in [4.69, 9.17) is 11.6 Å². The third kappa shape index (κ3) is 5.31. The van der Waals surface area contributed by atoms with Crippen LogP contribution in [0, 0.1) is 27.7 Å². The van der Waals surface area contributed by atoms with E-state index < -0.39 is 16.1 Å². The van der Waals surface area contributed by atoms with E-state index in [0.29, 0.717) is 10.7 Å². The number of carbonyl (C=O) groups excluding carboxylic acids is 1. The molecule has 0 spiro atoms. The molecule has 0 aliphatic carbocycles. The number of hydrogen-bond acceptors (Lipinski definition) is 3. The molecule has 0 fully saturated rings. The highest BCUT2D eigenvalue weighted by molar-refractivity contribution is 7.92. The summed E-state index contributed by atoms with van der Waals surface area (Å²) in [6.45, 7) is 11.4. The summed E-state index contributed by atoms with van der Waals surface area (Å²) in [6, 6.07) is 7.96. The highest BCUT2D eigenvalue weighted by atomic mass is 35.5. The minimum absolute atomic E-state index is 0.258. The molecule has 2 atom stereocenters. The predicted molar refractivity (Wildman–Crippen MR) is 120 cm³/mol. The number of nitrogens with one attached hydrogen (secondary N) is 1. The van der Waals surface area contributed by atoms with Crippen LogP contribution in [0.4, 0.5) is 5.69 Å². The molecule has 0 heterocycles. The van der Waals surface area contributed by atoms with Gasteiger partial charge in [-0.2, -0.15) is 0 Å². The Balaban J connectivity index is 2.35. The van der Waals surface area contributed by atoms with E-state index in [-0.39, 0.29) is 11.9 Å². The first-order valence-electron chi connectivity index (χ1n) is 9.46. The molecular weight excluding hydrogens is 408 g/mol. The zero-order valence-electron chi connectivity index (χ0n) is 18.0. The zero-order valence-corrected chi connectivity index (χ0v) is 19.6. The number of carbonyl (C=O) groups is 1. The smallest absolute Gasteiger partial charge is 0.244 e. The molecule has 2 aromatic carbocycles. The average molecular weight is 437 g/mol. The van der Waals surface area contributed by atoms with Crippen LogP contribution >= 0.6 is 11.6 Å². The van der Waals surface area contributed by atoms with E-state index in [1.807, 2.05) is 20.8 Å². The summed E-state index contributed by atoms with van der Waals surface area (Å²) in [5.41, 5.74) is 5.55. The van der Waals surface area contributed by atoms with Crippen molar-refractivity contribution in [1.29, 1.82) is 0 Å². The van der Waals surface area contributed by atoms with Gasteiger partial charge < -0.3 is 5.32 Å². The van der Waals surface area contributed by atoms with Crippen molar-refractivity contribution in [2.75, 3.05) is 10.6 Å². The van der Waals surface area contributed by atoms with Crippen LogP contribution in [-0.4, -0.2) is 26.6 Å². The Hall–Kier alpha value is -2.05. The van der Waals surface area contributed by atoms with Gasteiger partial charge in [0, 0.05) is 5.02 Å². The van der Waals surface area contributed by atoms with Gasteiger partial charge in [0.05, 0.1) is 18.0 Å². The average Bonchev–Trinajstić information content (AvgIpc) is 2.59. The number of nitrogens with zero attached hydrogens (tertiary/aromatic N) is 1. The third-order valence-corrected chi connectivity index (χ3v) is 6.67. The van der Waals surface area contributed by atoms with Gasteiger partial charge >= 0.3 is 0 Å². The molecule has 5 nitrogen and oxygen atoms in total. The number of halogens is 1. The van der Waals surface area contributed by atoms with Gasteiger partial charge in [0.1, 0.15) is 6.04 Å². The van der Waals surface area contributed by atoms with Crippen LogP contribution in [0.25, 0.3) is 0 Å². The van der Waals surface area contributed by atoms with Crippen molar-refractivity contribution in [1.82, 2.24) is 5.32 Å². The van der Waals surface area contributed by atoms with Crippen LogP contribution in [0.5, 0.6) is 0 Å². The molecule has 7 heteroatoms. The van der Waals surface area contributed by atoms with E-state index >= 15 is 0 Å². The summed E-state index contributed by atoms with van der Waals surface area (Å²) in [5, 5.41) is 3.37. The fourth-order valence-electron chi connectivity index (χ4n) is 3.46. The monoisotopic (exact) mass is 436 g/mol. The van der Waals surface area contributed by atoms with Gasteiger partial charge in [-0.3, -0.25) is 9.10 Å². The third-order valence-electron chi connectivity index (χ3n) is 5.20. The van der Waals surface area contributed by atoms with E-state index in [0.717, 1.165) is 32.8 Å². The highest BCUT2D eigenvalue weighted by Crippen LogP contribution is 2.29. The number of sulfonamides is 1. The molecule has 0 aliphatic rings. The second-order valence-corrected chi connectivity index (χ2v) is 9.98. The van der Waals surface area contributed by atoms with Gasteiger partial charge in [0.25, 0.3) is 0 Å². The lowest BCUT2D eigenvalue weighted by molar-refractivity contribution is -0.122. The first-order valence-corrected chi connectivity index (χ1v) is 11.7. The summed E-state index contributed by atoms with van der Waals surface area (Å²) in [7, 11) is -3.71. The van der Waals surface area contributed by atoms with Crippen LogP contribution in [0.3, 0.4) is 0 Å². The highest BCUT2D eigenvalue weighted by Gasteiger charge is 2.31. The second-order valence-electron chi connectivity index (χ2n) is 7.69. The Morgan fingerprint density at radius 3 is 2.14 bits per heavy atom. The van der Waals surface area contributed by atoms with Crippen LogP contribution in [0.15, 0.2) is 30.3 Å². The molecule has 29 heavy (non-hydrogen) atoms. The van der Waals surface area contributed by atoms with Gasteiger partial charge in [-0.15, -0.1) is 0 Å². The lowest BCUT2D eigenvalue weighted by Gasteiger charge is -2.30. The number of hydrogen-bond donors (Lipinski definition) is 1.